The third-order valence-corrected chi connectivity index (χ3v) is 2.69. The van der Waals surface area contributed by atoms with Crippen LogP contribution in [0.1, 0.15) is 30.9 Å². The maximum atomic E-state index is 11.3. The average molecular weight is 219 g/mol. The molecule has 1 rings (SSSR count). The Bertz CT molecular complexity index is 410. The summed E-state index contributed by atoms with van der Waals surface area (Å²) in [5, 5.41) is 0. The van der Waals surface area contributed by atoms with E-state index in [0.717, 1.165) is 16.8 Å². The van der Waals surface area contributed by atoms with Gasteiger partial charge in [-0.1, -0.05) is 26.0 Å². The van der Waals surface area contributed by atoms with E-state index in [2.05, 4.69) is 13.8 Å². The van der Waals surface area contributed by atoms with Crippen molar-refractivity contribution in [2.75, 3.05) is 11.9 Å². The van der Waals surface area contributed by atoms with Crippen LogP contribution in [-0.4, -0.2) is 19.2 Å². The third kappa shape index (κ3) is 2.48. The van der Waals surface area contributed by atoms with Crippen molar-refractivity contribution in [3.8, 4) is 0 Å². The summed E-state index contributed by atoms with van der Waals surface area (Å²) in [6, 6.07) is 5.98. The van der Waals surface area contributed by atoms with Crippen LogP contribution in [0.25, 0.3) is 0 Å². The highest BCUT2D eigenvalue weighted by atomic mass is 16.2. The fourth-order valence-corrected chi connectivity index (χ4v) is 1.54. The molecule has 0 fully saturated rings. The molecule has 0 aliphatic heterocycles. The van der Waals surface area contributed by atoms with E-state index >= 15 is 0 Å². The van der Waals surface area contributed by atoms with Crippen molar-refractivity contribution in [1.29, 1.82) is 0 Å². The summed E-state index contributed by atoms with van der Waals surface area (Å²) >= 11 is 0. The van der Waals surface area contributed by atoms with E-state index < -0.39 is 5.91 Å². The molecule has 3 nitrogen and oxygen atoms in total. The Morgan fingerprint density at radius 3 is 2.50 bits per heavy atom. The lowest BCUT2D eigenvalue weighted by Crippen LogP contribution is -2.27. The van der Waals surface area contributed by atoms with Gasteiger partial charge in [-0.15, -0.1) is 0 Å². The van der Waals surface area contributed by atoms with E-state index in [-0.39, 0.29) is 0 Å². The second kappa shape index (κ2) is 4.92. The number of likely N-dealkylation sites (N-methyl/N-ethyl adjacent to an activating group) is 1. The fraction of sp³-hybridized carbons (Fsp3) is 0.385. The van der Waals surface area contributed by atoms with Gasteiger partial charge in [0.1, 0.15) is 0 Å². The molecule has 0 heterocycles. The smallest absolute Gasteiger partial charge is 0.290 e. The number of aldehydes is 1. The van der Waals surface area contributed by atoms with Crippen molar-refractivity contribution >= 4 is 17.9 Å². The van der Waals surface area contributed by atoms with E-state index in [1.807, 2.05) is 25.1 Å². The van der Waals surface area contributed by atoms with Gasteiger partial charge in [-0.2, -0.15) is 0 Å². The Labute approximate surface area is 96.1 Å². The number of aryl methyl sites for hydroxylation is 1. The highest BCUT2D eigenvalue weighted by Gasteiger charge is 2.13. The minimum absolute atomic E-state index is 0.335. The summed E-state index contributed by atoms with van der Waals surface area (Å²) in [5.41, 5.74) is 2.94. The van der Waals surface area contributed by atoms with Crippen LogP contribution in [0.5, 0.6) is 0 Å². The van der Waals surface area contributed by atoms with E-state index in [1.165, 1.54) is 4.90 Å². The van der Waals surface area contributed by atoms with E-state index in [9.17, 15) is 9.59 Å². The Morgan fingerprint density at radius 1 is 1.38 bits per heavy atom. The lowest BCUT2D eigenvalue weighted by Gasteiger charge is -2.19. The van der Waals surface area contributed by atoms with Crippen molar-refractivity contribution < 1.29 is 9.59 Å². The van der Waals surface area contributed by atoms with Gasteiger partial charge in [0.05, 0.1) is 0 Å². The molecule has 0 spiro atoms. The maximum Gasteiger partial charge on any atom is 0.290 e. The summed E-state index contributed by atoms with van der Waals surface area (Å²) in [4.78, 5) is 23.1. The molecule has 3 heteroatoms. The molecule has 0 saturated heterocycles. The Morgan fingerprint density at radius 2 is 2.00 bits per heavy atom. The molecule has 1 amide bonds. The predicted molar refractivity (Wildman–Crippen MR) is 64.7 cm³/mol. The Hall–Kier alpha value is -1.64. The van der Waals surface area contributed by atoms with Gasteiger partial charge in [0.2, 0.25) is 6.29 Å². The normalized spacial score (nSPS) is 10.3. The molecule has 0 aliphatic carbocycles. The number of carbonyl (C=O) groups is 2. The SMILES string of the molecule is Cc1ccc(C(C)C)cc1N(C)C(=O)C=O. The van der Waals surface area contributed by atoms with Gasteiger partial charge in [-0.05, 0) is 30.0 Å². The van der Waals surface area contributed by atoms with Gasteiger partial charge >= 0.3 is 0 Å². The number of hydrogen-bond donors (Lipinski definition) is 0. The number of benzene rings is 1. The summed E-state index contributed by atoms with van der Waals surface area (Å²) in [5.74, 6) is -0.122. The van der Waals surface area contributed by atoms with Crippen molar-refractivity contribution in [1.82, 2.24) is 0 Å². The highest BCUT2D eigenvalue weighted by Crippen LogP contribution is 2.24. The van der Waals surface area contributed by atoms with Crippen LogP contribution in [0.15, 0.2) is 18.2 Å². The first-order valence-electron chi connectivity index (χ1n) is 5.30. The van der Waals surface area contributed by atoms with Gasteiger partial charge in [-0.3, -0.25) is 9.59 Å². The standard InChI is InChI=1S/C13H17NO2/c1-9(2)11-6-5-10(3)12(7-11)14(4)13(16)8-15/h5-9H,1-4H3. The lowest BCUT2D eigenvalue weighted by atomic mass is 10.0. The first-order valence-corrected chi connectivity index (χ1v) is 5.30. The van der Waals surface area contributed by atoms with Crippen molar-refractivity contribution in [3.63, 3.8) is 0 Å². The molecule has 0 aromatic heterocycles. The average Bonchev–Trinajstić information content (AvgIpc) is 2.27. The molecule has 0 aliphatic rings. The van der Waals surface area contributed by atoms with E-state index in [0.29, 0.717) is 12.2 Å². The van der Waals surface area contributed by atoms with Crippen LogP contribution in [0, 0.1) is 6.92 Å². The quantitative estimate of drug-likeness (QED) is 0.577. The fourth-order valence-electron chi connectivity index (χ4n) is 1.54. The van der Waals surface area contributed by atoms with E-state index in [4.69, 9.17) is 0 Å². The lowest BCUT2D eigenvalue weighted by molar-refractivity contribution is -0.129. The van der Waals surface area contributed by atoms with Crippen LogP contribution < -0.4 is 4.90 Å². The third-order valence-electron chi connectivity index (χ3n) is 2.69. The van der Waals surface area contributed by atoms with E-state index in [1.54, 1.807) is 7.05 Å². The molecule has 0 bridgehead atoms. The number of nitrogens with zero attached hydrogens (tertiary/aromatic N) is 1. The molecular weight excluding hydrogens is 202 g/mol. The molecule has 1 aromatic rings. The van der Waals surface area contributed by atoms with Gasteiger partial charge in [0, 0.05) is 12.7 Å². The molecule has 1 aromatic carbocycles. The zero-order valence-electron chi connectivity index (χ0n) is 10.2. The van der Waals surface area contributed by atoms with Crippen LogP contribution in [0.2, 0.25) is 0 Å². The molecule has 0 atom stereocenters. The molecule has 16 heavy (non-hydrogen) atoms. The van der Waals surface area contributed by atoms with Crippen LogP contribution in [0.3, 0.4) is 0 Å². The first-order chi connectivity index (χ1) is 7.47. The topological polar surface area (TPSA) is 37.4 Å². The summed E-state index contributed by atoms with van der Waals surface area (Å²) < 4.78 is 0. The largest absolute Gasteiger partial charge is 0.309 e. The molecule has 86 valence electrons. The van der Waals surface area contributed by atoms with Gasteiger partial charge in [0.15, 0.2) is 0 Å². The predicted octanol–water partition coefficient (Wildman–Crippen LogP) is 2.28. The van der Waals surface area contributed by atoms with Crippen LogP contribution >= 0.6 is 0 Å². The number of rotatable bonds is 3. The number of carbonyl (C=O) groups excluding carboxylic acids is 2. The van der Waals surface area contributed by atoms with Crippen molar-refractivity contribution in [3.05, 3.63) is 29.3 Å². The monoisotopic (exact) mass is 219 g/mol. The van der Waals surface area contributed by atoms with Gasteiger partial charge in [-0.25, -0.2) is 0 Å². The highest BCUT2D eigenvalue weighted by molar-refractivity contribution is 6.30. The second-order valence-electron chi connectivity index (χ2n) is 4.22. The molecule has 0 radical (unpaired) electrons. The summed E-state index contributed by atoms with van der Waals surface area (Å²) in [6.45, 7) is 6.11. The Kier molecular flexibility index (Phi) is 3.82. The second-order valence-corrected chi connectivity index (χ2v) is 4.22. The van der Waals surface area contributed by atoms with Crippen LogP contribution in [-0.2, 0) is 9.59 Å². The molecular formula is C13H17NO2. The first kappa shape index (κ1) is 12.4. The minimum atomic E-state index is -0.524. The minimum Gasteiger partial charge on any atom is -0.309 e. The van der Waals surface area contributed by atoms with Gasteiger partial charge in [0.25, 0.3) is 5.91 Å². The van der Waals surface area contributed by atoms with Crippen LogP contribution in [0.4, 0.5) is 5.69 Å². The zero-order valence-corrected chi connectivity index (χ0v) is 10.2. The Balaban J connectivity index is 3.16. The molecule has 0 N–H and O–H groups in total. The number of hydrogen-bond acceptors (Lipinski definition) is 2. The maximum absolute atomic E-state index is 11.3. The summed E-state index contributed by atoms with van der Waals surface area (Å²) in [7, 11) is 1.61. The molecule has 0 unspecified atom stereocenters. The van der Waals surface area contributed by atoms with Gasteiger partial charge < -0.3 is 4.90 Å². The van der Waals surface area contributed by atoms with Crippen molar-refractivity contribution in [2.45, 2.75) is 26.7 Å². The summed E-state index contributed by atoms with van der Waals surface area (Å²) in [6.07, 6.45) is 0.335. The van der Waals surface area contributed by atoms with Crippen molar-refractivity contribution in [2.24, 2.45) is 0 Å². The number of amides is 1. The number of anilines is 1. The molecule has 0 saturated carbocycles. The zero-order chi connectivity index (χ0) is 12.3.